The Bertz CT molecular complexity index is 107. The zero-order valence-corrected chi connectivity index (χ0v) is 5.17. The molecule has 1 fully saturated rings. The molecular weight excluding hydrogens is 120 g/mol. The average molecular weight is 130 g/mol. The number of aliphatic hydroxyl groups excluding tert-OH is 1. The van der Waals surface area contributed by atoms with E-state index in [0.717, 1.165) is 12.8 Å². The first kappa shape index (κ1) is 6.55. The minimum Gasteiger partial charge on any atom is -0.439 e. The van der Waals surface area contributed by atoms with Gasteiger partial charge in [0.1, 0.15) is 0 Å². The maximum atomic E-state index is 10.5. The molecule has 0 aliphatic heterocycles. The minimum atomic E-state index is -0.481. The van der Waals surface area contributed by atoms with Gasteiger partial charge in [-0.05, 0) is 18.8 Å². The molecule has 1 N–H and O–H groups in total. The summed E-state index contributed by atoms with van der Waals surface area (Å²) in [5.41, 5.74) is 0. The molecule has 0 bridgehead atoms. The minimum absolute atomic E-state index is 0.278. The number of ether oxygens (including phenoxy) is 1. The quantitative estimate of drug-likeness (QED) is 0.441. The van der Waals surface area contributed by atoms with E-state index in [-0.39, 0.29) is 5.97 Å². The molecule has 0 heterocycles. The van der Waals surface area contributed by atoms with Gasteiger partial charge in [0.2, 0.25) is 0 Å². The fourth-order valence-corrected chi connectivity index (χ4v) is 0.689. The van der Waals surface area contributed by atoms with Gasteiger partial charge in [0.25, 0.3) is 0 Å². The van der Waals surface area contributed by atoms with Crippen LogP contribution < -0.4 is 0 Å². The fraction of sp³-hybridized carbons (Fsp3) is 0.833. The third-order valence-electron chi connectivity index (χ3n) is 1.38. The highest BCUT2D eigenvalue weighted by Gasteiger charge is 2.24. The Morgan fingerprint density at radius 2 is 2.33 bits per heavy atom. The van der Waals surface area contributed by atoms with Gasteiger partial charge in [0, 0.05) is 6.42 Å². The summed E-state index contributed by atoms with van der Waals surface area (Å²) in [6.07, 6.45) is 2.77. The third kappa shape index (κ3) is 2.46. The van der Waals surface area contributed by atoms with Gasteiger partial charge >= 0.3 is 5.97 Å². The van der Waals surface area contributed by atoms with E-state index in [0.29, 0.717) is 12.3 Å². The number of hydrogen-bond acceptors (Lipinski definition) is 3. The molecule has 52 valence electrons. The fourth-order valence-electron chi connectivity index (χ4n) is 0.689. The van der Waals surface area contributed by atoms with Crippen molar-refractivity contribution < 1.29 is 14.6 Å². The predicted molar refractivity (Wildman–Crippen MR) is 30.5 cm³/mol. The summed E-state index contributed by atoms with van der Waals surface area (Å²) >= 11 is 0. The van der Waals surface area contributed by atoms with Gasteiger partial charge in [-0.15, -0.1) is 0 Å². The van der Waals surface area contributed by atoms with Gasteiger partial charge in [-0.3, -0.25) is 4.79 Å². The third-order valence-corrected chi connectivity index (χ3v) is 1.38. The Morgan fingerprint density at radius 3 is 2.78 bits per heavy atom. The van der Waals surface area contributed by atoms with E-state index in [1.54, 1.807) is 0 Å². The molecule has 0 saturated heterocycles. The molecule has 1 aliphatic rings. The second kappa shape index (κ2) is 2.82. The summed E-state index contributed by atoms with van der Waals surface area (Å²) in [6, 6.07) is 0. The molecular formula is C6H10O3. The van der Waals surface area contributed by atoms with Crippen LogP contribution in [0, 0.1) is 5.92 Å². The SMILES string of the molecule is O=C(CC1CC1)OCO. The van der Waals surface area contributed by atoms with E-state index in [1.165, 1.54) is 0 Å². The first-order valence-corrected chi connectivity index (χ1v) is 3.09. The van der Waals surface area contributed by atoms with E-state index >= 15 is 0 Å². The number of aliphatic hydroxyl groups is 1. The smallest absolute Gasteiger partial charge is 0.308 e. The summed E-state index contributed by atoms with van der Waals surface area (Å²) in [4.78, 5) is 10.5. The highest BCUT2D eigenvalue weighted by molar-refractivity contribution is 5.69. The molecule has 1 rings (SSSR count). The number of rotatable bonds is 3. The van der Waals surface area contributed by atoms with Crippen LogP contribution in [0.3, 0.4) is 0 Å². The molecule has 9 heavy (non-hydrogen) atoms. The Balaban J connectivity index is 2.02. The van der Waals surface area contributed by atoms with Crippen LogP contribution in [0.4, 0.5) is 0 Å². The van der Waals surface area contributed by atoms with Crippen molar-refractivity contribution >= 4 is 5.97 Å². The van der Waals surface area contributed by atoms with Crippen molar-refractivity contribution in [3.8, 4) is 0 Å². The predicted octanol–water partition coefficient (Wildman–Crippen LogP) is 0.280. The molecule has 0 spiro atoms. The van der Waals surface area contributed by atoms with E-state index in [2.05, 4.69) is 4.74 Å². The number of esters is 1. The van der Waals surface area contributed by atoms with Gasteiger partial charge < -0.3 is 9.84 Å². The van der Waals surface area contributed by atoms with Crippen molar-refractivity contribution in [2.75, 3.05) is 6.79 Å². The normalized spacial score (nSPS) is 17.4. The zero-order valence-electron chi connectivity index (χ0n) is 5.17. The van der Waals surface area contributed by atoms with Gasteiger partial charge in [0.05, 0.1) is 0 Å². The van der Waals surface area contributed by atoms with Crippen molar-refractivity contribution in [2.24, 2.45) is 5.92 Å². The summed E-state index contributed by atoms with van der Waals surface area (Å²) in [7, 11) is 0. The second-order valence-corrected chi connectivity index (χ2v) is 2.29. The summed E-state index contributed by atoms with van der Waals surface area (Å²) in [5, 5.41) is 8.13. The van der Waals surface area contributed by atoms with Gasteiger partial charge in [0.15, 0.2) is 6.79 Å². The number of hydrogen-bond donors (Lipinski definition) is 1. The molecule has 0 aromatic carbocycles. The molecule has 1 saturated carbocycles. The van der Waals surface area contributed by atoms with Crippen LogP contribution in [0.1, 0.15) is 19.3 Å². The molecule has 0 amide bonds. The monoisotopic (exact) mass is 130 g/mol. The first-order valence-electron chi connectivity index (χ1n) is 3.09. The average Bonchev–Trinajstić information content (AvgIpc) is 2.50. The van der Waals surface area contributed by atoms with Gasteiger partial charge in [-0.1, -0.05) is 0 Å². The lowest BCUT2D eigenvalue weighted by atomic mass is 10.3. The molecule has 0 aromatic rings. The van der Waals surface area contributed by atoms with Crippen LogP contribution in [-0.4, -0.2) is 17.9 Å². The molecule has 0 radical (unpaired) electrons. The van der Waals surface area contributed by atoms with Crippen molar-refractivity contribution in [1.29, 1.82) is 0 Å². The van der Waals surface area contributed by atoms with Crippen LogP contribution >= 0.6 is 0 Å². The van der Waals surface area contributed by atoms with E-state index in [1.807, 2.05) is 0 Å². The highest BCUT2D eigenvalue weighted by atomic mass is 16.6. The molecule has 0 unspecified atom stereocenters. The summed E-state index contributed by atoms with van der Waals surface area (Å²) < 4.78 is 4.31. The highest BCUT2D eigenvalue weighted by Crippen LogP contribution is 2.32. The maximum Gasteiger partial charge on any atom is 0.308 e. The van der Waals surface area contributed by atoms with Crippen LogP contribution in [-0.2, 0) is 9.53 Å². The number of carbonyl (C=O) groups is 1. The molecule has 0 atom stereocenters. The van der Waals surface area contributed by atoms with Crippen LogP contribution in [0.25, 0.3) is 0 Å². The molecule has 1 aliphatic carbocycles. The first-order chi connectivity index (χ1) is 4.33. The van der Waals surface area contributed by atoms with Crippen molar-refractivity contribution in [3.63, 3.8) is 0 Å². The molecule has 3 heteroatoms. The van der Waals surface area contributed by atoms with Gasteiger partial charge in [-0.2, -0.15) is 0 Å². The number of carbonyl (C=O) groups excluding carboxylic acids is 1. The van der Waals surface area contributed by atoms with E-state index in [4.69, 9.17) is 5.11 Å². The van der Waals surface area contributed by atoms with E-state index < -0.39 is 6.79 Å². The molecule has 3 nitrogen and oxygen atoms in total. The Kier molecular flexibility index (Phi) is 2.05. The Hall–Kier alpha value is -0.570. The maximum absolute atomic E-state index is 10.5. The zero-order chi connectivity index (χ0) is 6.69. The van der Waals surface area contributed by atoms with Crippen LogP contribution in [0.15, 0.2) is 0 Å². The standard InChI is InChI=1S/C6H10O3/c7-4-9-6(8)3-5-1-2-5/h5,7H,1-4H2. The van der Waals surface area contributed by atoms with Crippen molar-refractivity contribution in [1.82, 2.24) is 0 Å². The van der Waals surface area contributed by atoms with Crippen molar-refractivity contribution in [3.05, 3.63) is 0 Å². The van der Waals surface area contributed by atoms with Crippen molar-refractivity contribution in [2.45, 2.75) is 19.3 Å². The van der Waals surface area contributed by atoms with Crippen LogP contribution in [0.5, 0.6) is 0 Å². The largest absolute Gasteiger partial charge is 0.439 e. The van der Waals surface area contributed by atoms with Crippen LogP contribution in [0.2, 0.25) is 0 Å². The Morgan fingerprint density at radius 1 is 1.67 bits per heavy atom. The van der Waals surface area contributed by atoms with E-state index in [9.17, 15) is 4.79 Å². The van der Waals surface area contributed by atoms with Gasteiger partial charge in [-0.25, -0.2) is 0 Å². The summed E-state index contributed by atoms with van der Waals surface area (Å²) in [5.74, 6) is 0.268. The topological polar surface area (TPSA) is 46.5 Å². The molecule has 0 aromatic heterocycles. The lowest BCUT2D eigenvalue weighted by molar-refractivity contribution is -0.152. The lowest BCUT2D eigenvalue weighted by Gasteiger charge is -1.96. The second-order valence-electron chi connectivity index (χ2n) is 2.29. The Labute approximate surface area is 53.6 Å². The summed E-state index contributed by atoms with van der Waals surface area (Å²) in [6.45, 7) is -0.481. The lowest BCUT2D eigenvalue weighted by Crippen LogP contribution is -2.05.